The lowest BCUT2D eigenvalue weighted by molar-refractivity contribution is -0.145. The molecule has 0 saturated carbocycles. The van der Waals surface area contributed by atoms with Crippen molar-refractivity contribution in [3.63, 3.8) is 0 Å². The zero-order chi connectivity index (χ0) is 12.0. The zero-order valence-corrected chi connectivity index (χ0v) is 9.36. The number of esters is 1. The number of rotatable bonds is 6. The minimum atomic E-state index is -0.769. The van der Waals surface area contributed by atoms with Crippen LogP contribution in [0.4, 0.5) is 0 Å². The Labute approximate surface area is 94.3 Å². The minimum absolute atomic E-state index is 0.0115. The lowest BCUT2D eigenvalue weighted by Gasteiger charge is -2.14. The van der Waals surface area contributed by atoms with Crippen LogP contribution in [0.3, 0.4) is 0 Å². The van der Waals surface area contributed by atoms with Gasteiger partial charge in [-0.2, -0.15) is 0 Å². The Hall–Kier alpha value is -1.14. The lowest BCUT2D eigenvalue weighted by atomic mass is 10.2. The molecule has 2 unspecified atom stereocenters. The molecule has 0 aromatic carbocycles. The van der Waals surface area contributed by atoms with Crippen LogP contribution in [0, 0.1) is 0 Å². The highest BCUT2D eigenvalue weighted by molar-refractivity contribution is 5.78. The molecule has 1 aliphatic heterocycles. The summed E-state index contributed by atoms with van der Waals surface area (Å²) in [7, 11) is 0. The summed E-state index contributed by atoms with van der Waals surface area (Å²) in [6.45, 7) is 2.90. The van der Waals surface area contributed by atoms with Crippen molar-refractivity contribution < 1.29 is 19.4 Å². The third-order valence-electron chi connectivity index (χ3n) is 2.33. The monoisotopic (exact) mass is 230 g/mol. The van der Waals surface area contributed by atoms with E-state index >= 15 is 0 Å². The van der Waals surface area contributed by atoms with Crippen LogP contribution in [-0.2, 0) is 14.3 Å². The Balaban J connectivity index is 2.12. The van der Waals surface area contributed by atoms with E-state index in [1.165, 1.54) is 0 Å². The quantitative estimate of drug-likeness (QED) is 0.498. The number of carbonyl (C=O) groups is 2. The summed E-state index contributed by atoms with van der Waals surface area (Å²) in [6.07, 6.45) is -0.365. The molecule has 1 amide bonds. The molecular weight excluding hydrogens is 212 g/mol. The highest BCUT2D eigenvalue weighted by Gasteiger charge is 2.22. The molecule has 1 saturated heterocycles. The Morgan fingerprint density at radius 1 is 1.75 bits per heavy atom. The molecule has 2 atom stereocenters. The average Bonchev–Trinajstić information content (AvgIpc) is 2.61. The van der Waals surface area contributed by atoms with E-state index < -0.39 is 12.1 Å². The van der Waals surface area contributed by atoms with Crippen molar-refractivity contribution in [1.82, 2.24) is 10.6 Å². The van der Waals surface area contributed by atoms with Crippen LogP contribution >= 0.6 is 0 Å². The van der Waals surface area contributed by atoms with Crippen molar-refractivity contribution in [2.24, 2.45) is 0 Å². The Kier molecular flexibility index (Phi) is 5.21. The molecule has 0 radical (unpaired) electrons. The average molecular weight is 230 g/mol. The number of ether oxygens (including phenoxy) is 1. The van der Waals surface area contributed by atoms with Crippen molar-refractivity contribution in [3.8, 4) is 0 Å². The van der Waals surface area contributed by atoms with Gasteiger partial charge in [0, 0.05) is 25.6 Å². The first-order valence-corrected chi connectivity index (χ1v) is 5.45. The number of aliphatic hydroxyl groups excluding tert-OH is 1. The first-order chi connectivity index (χ1) is 7.61. The van der Waals surface area contributed by atoms with Crippen molar-refractivity contribution in [2.45, 2.75) is 31.9 Å². The molecule has 1 heterocycles. The fourth-order valence-corrected chi connectivity index (χ4v) is 1.54. The first kappa shape index (κ1) is 12.9. The van der Waals surface area contributed by atoms with E-state index in [0.717, 1.165) is 0 Å². The van der Waals surface area contributed by atoms with E-state index in [1.54, 1.807) is 6.92 Å². The van der Waals surface area contributed by atoms with Crippen LogP contribution in [0.15, 0.2) is 0 Å². The van der Waals surface area contributed by atoms with E-state index in [0.29, 0.717) is 26.1 Å². The first-order valence-electron chi connectivity index (χ1n) is 5.45. The maximum absolute atomic E-state index is 11.0. The molecule has 16 heavy (non-hydrogen) atoms. The maximum Gasteiger partial charge on any atom is 0.308 e. The van der Waals surface area contributed by atoms with Gasteiger partial charge < -0.3 is 20.5 Å². The standard InChI is InChI=1S/C10H18N2O4/c1-2-16-10(15)4-8(13)6-11-7-3-9(14)12-5-7/h7-8,11,13H,2-6H2,1H3,(H,12,14). The molecule has 1 aliphatic rings. The molecule has 6 heteroatoms. The van der Waals surface area contributed by atoms with Gasteiger partial charge in [-0.25, -0.2) is 0 Å². The normalized spacial score (nSPS) is 21.6. The van der Waals surface area contributed by atoms with Gasteiger partial charge in [-0.05, 0) is 6.92 Å². The topological polar surface area (TPSA) is 87.7 Å². The van der Waals surface area contributed by atoms with E-state index in [4.69, 9.17) is 4.74 Å². The van der Waals surface area contributed by atoms with E-state index in [9.17, 15) is 14.7 Å². The van der Waals surface area contributed by atoms with Crippen LogP contribution in [-0.4, -0.2) is 48.8 Å². The minimum Gasteiger partial charge on any atom is -0.466 e. The molecule has 1 rings (SSSR count). The van der Waals surface area contributed by atoms with Gasteiger partial charge in [0.1, 0.15) is 0 Å². The van der Waals surface area contributed by atoms with Gasteiger partial charge >= 0.3 is 5.97 Å². The van der Waals surface area contributed by atoms with Gasteiger partial charge in [-0.15, -0.1) is 0 Å². The zero-order valence-electron chi connectivity index (χ0n) is 9.36. The second-order valence-corrected chi connectivity index (χ2v) is 3.78. The van der Waals surface area contributed by atoms with Crippen LogP contribution in [0.5, 0.6) is 0 Å². The maximum atomic E-state index is 11.0. The lowest BCUT2D eigenvalue weighted by Crippen LogP contribution is -2.37. The van der Waals surface area contributed by atoms with Gasteiger partial charge in [0.05, 0.1) is 19.1 Å². The van der Waals surface area contributed by atoms with Gasteiger partial charge in [0.25, 0.3) is 0 Å². The Bertz CT molecular complexity index is 257. The molecule has 0 spiro atoms. The van der Waals surface area contributed by atoms with Gasteiger partial charge in [-0.3, -0.25) is 9.59 Å². The van der Waals surface area contributed by atoms with Gasteiger partial charge in [0.15, 0.2) is 0 Å². The largest absolute Gasteiger partial charge is 0.466 e. The highest BCUT2D eigenvalue weighted by atomic mass is 16.5. The van der Waals surface area contributed by atoms with Gasteiger partial charge in [0.2, 0.25) is 5.91 Å². The highest BCUT2D eigenvalue weighted by Crippen LogP contribution is 2.00. The predicted molar refractivity (Wildman–Crippen MR) is 56.7 cm³/mol. The molecule has 0 aliphatic carbocycles. The molecular formula is C10H18N2O4. The van der Waals surface area contributed by atoms with E-state index in [2.05, 4.69) is 10.6 Å². The molecule has 0 aromatic rings. The van der Waals surface area contributed by atoms with Gasteiger partial charge in [-0.1, -0.05) is 0 Å². The van der Waals surface area contributed by atoms with Crippen LogP contribution in [0.1, 0.15) is 19.8 Å². The summed E-state index contributed by atoms with van der Waals surface area (Å²) < 4.78 is 4.71. The summed E-state index contributed by atoms with van der Waals surface area (Å²) in [6, 6.07) is 0.0457. The molecule has 6 nitrogen and oxygen atoms in total. The second kappa shape index (κ2) is 6.44. The molecule has 0 bridgehead atoms. The number of hydrogen-bond donors (Lipinski definition) is 3. The van der Waals surface area contributed by atoms with E-state index in [1.807, 2.05) is 0 Å². The SMILES string of the molecule is CCOC(=O)CC(O)CNC1CNC(=O)C1. The number of nitrogens with one attached hydrogen (secondary N) is 2. The van der Waals surface area contributed by atoms with Crippen LogP contribution in [0.25, 0.3) is 0 Å². The van der Waals surface area contributed by atoms with Crippen molar-refractivity contribution in [2.75, 3.05) is 19.7 Å². The molecule has 0 aromatic heterocycles. The number of aliphatic hydroxyl groups is 1. The molecule has 3 N–H and O–H groups in total. The van der Waals surface area contributed by atoms with Crippen molar-refractivity contribution >= 4 is 11.9 Å². The van der Waals surface area contributed by atoms with Crippen LogP contribution in [0.2, 0.25) is 0 Å². The van der Waals surface area contributed by atoms with Crippen molar-refractivity contribution in [3.05, 3.63) is 0 Å². The summed E-state index contributed by atoms with van der Waals surface area (Å²) in [5, 5.41) is 15.2. The summed E-state index contributed by atoms with van der Waals surface area (Å²) in [5.41, 5.74) is 0. The molecule has 92 valence electrons. The smallest absolute Gasteiger partial charge is 0.308 e. The Morgan fingerprint density at radius 2 is 2.50 bits per heavy atom. The van der Waals surface area contributed by atoms with E-state index in [-0.39, 0.29) is 18.4 Å². The number of carbonyl (C=O) groups excluding carboxylic acids is 2. The second-order valence-electron chi connectivity index (χ2n) is 3.78. The van der Waals surface area contributed by atoms with Crippen molar-refractivity contribution in [1.29, 1.82) is 0 Å². The summed E-state index contributed by atoms with van der Waals surface area (Å²) in [5.74, 6) is -0.394. The Morgan fingerprint density at radius 3 is 3.06 bits per heavy atom. The fourth-order valence-electron chi connectivity index (χ4n) is 1.54. The summed E-state index contributed by atoms with van der Waals surface area (Å²) >= 11 is 0. The fraction of sp³-hybridized carbons (Fsp3) is 0.800. The number of amides is 1. The van der Waals surface area contributed by atoms with Crippen LogP contribution < -0.4 is 10.6 Å². The number of hydrogen-bond acceptors (Lipinski definition) is 5. The third kappa shape index (κ3) is 4.59. The summed E-state index contributed by atoms with van der Waals surface area (Å²) in [4.78, 5) is 21.9. The third-order valence-corrected chi connectivity index (χ3v) is 2.33. The molecule has 1 fully saturated rings. The predicted octanol–water partition coefficient (Wildman–Crippen LogP) is -1.22.